The van der Waals surface area contributed by atoms with E-state index in [0.29, 0.717) is 11.3 Å². The maximum Gasteiger partial charge on any atom is 0.142 e. The molecule has 38 heavy (non-hydrogen) atoms. The first kappa shape index (κ1) is 26.2. The van der Waals surface area contributed by atoms with Crippen LogP contribution in [0.5, 0.6) is 0 Å². The number of aromatic nitrogens is 3. The molecule has 0 aliphatic carbocycles. The molecule has 0 saturated heterocycles. The Kier molecular flexibility index (Phi) is 8.22. The molecule has 3 heterocycles. The Hall–Kier alpha value is -4.86. The molecule has 0 N–H and O–H groups in total. The Morgan fingerprint density at radius 2 is 1.82 bits per heavy atom. The standard InChI is InChI=1S/C20H9N4.C11H9N2.Ir/c1-23-20-10-16(9-17(11-21)18(20)12-22)19-8-7-15(13-24-19)14-5-3-2-4-6-14;1-2-4-10-9(3-1)5-7-13-8-6-12-11(10)13;/h2-8,10,13H;1-3,6,8H,5,7H2;/q2*-1;. The molecule has 0 unspecified atom stereocenters. The van der Waals surface area contributed by atoms with Crippen LogP contribution in [0, 0.1) is 41.4 Å². The van der Waals surface area contributed by atoms with Crippen LogP contribution in [-0.4, -0.2) is 14.5 Å². The predicted octanol–water partition coefficient (Wildman–Crippen LogP) is 6.41. The van der Waals surface area contributed by atoms with E-state index in [0.717, 1.165) is 29.9 Å². The van der Waals surface area contributed by atoms with Crippen molar-refractivity contribution in [1.82, 2.24) is 14.5 Å². The molecule has 3 aromatic carbocycles. The third-order valence-corrected chi connectivity index (χ3v) is 6.04. The molecule has 0 saturated carbocycles. The summed E-state index contributed by atoms with van der Waals surface area (Å²) >= 11 is 0. The zero-order valence-electron chi connectivity index (χ0n) is 20.0. The third-order valence-electron chi connectivity index (χ3n) is 6.04. The molecular formula is C31H18IrN6-2. The summed E-state index contributed by atoms with van der Waals surface area (Å²) in [4.78, 5) is 12.1. The van der Waals surface area contributed by atoms with Crippen molar-refractivity contribution in [3.63, 3.8) is 0 Å². The van der Waals surface area contributed by atoms with Crippen LogP contribution >= 0.6 is 0 Å². The molecule has 0 spiro atoms. The number of nitriles is 2. The van der Waals surface area contributed by atoms with Crippen LogP contribution in [-0.2, 0) is 33.1 Å². The molecule has 2 aromatic heterocycles. The number of hydrogen-bond donors (Lipinski definition) is 0. The molecule has 7 heteroatoms. The van der Waals surface area contributed by atoms with Crippen LogP contribution in [0.1, 0.15) is 16.7 Å². The zero-order valence-corrected chi connectivity index (χ0v) is 22.4. The van der Waals surface area contributed by atoms with Crippen LogP contribution in [0.15, 0.2) is 85.3 Å². The summed E-state index contributed by atoms with van der Waals surface area (Å²) in [5.41, 5.74) is 5.93. The van der Waals surface area contributed by atoms with Crippen molar-refractivity contribution in [2.75, 3.05) is 0 Å². The normalized spacial score (nSPS) is 10.7. The SMILES string of the molecule is [C-]#[N+]c1cc(-c2ccc(-c3ccccc3)cn2)[c-]c(C#N)c1C#N.[Ir].[c-]1cccc2c1-c1nccn1CC2. The predicted molar refractivity (Wildman–Crippen MR) is 140 cm³/mol. The van der Waals surface area contributed by atoms with E-state index in [9.17, 15) is 5.26 Å². The molecule has 0 amide bonds. The van der Waals surface area contributed by atoms with E-state index >= 15 is 0 Å². The number of nitrogens with zero attached hydrogens (tertiary/aromatic N) is 6. The fourth-order valence-corrected chi connectivity index (χ4v) is 4.19. The van der Waals surface area contributed by atoms with E-state index in [1.807, 2.05) is 79.1 Å². The zero-order chi connectivity index (χ0) is 25.6. The molecule has 1 aliphatic rings. The van der Waals surface area contributed by atoms with Crippen molar-refractivity contribution in [1.29, 1.82) is 10.5 Å². The quantitative estimate of drug-likeness (QED) is 0.204. The minimum atomic E-state index is 0. The summed E-state index contributed by atoms with van der Waals surface area (Å²) in [6.45, 7) is 8.24. The summed E-state index contributed by atoms with van der Waals surface area (Å²) in [5.74, 6) is 1.06. The van der Waals surface area contributed by atoms with Gasteiger partial charge >= 0.3 is 0 Å². The Bertz CT molecular complexity index is 1670. The van der Waals surface area contributed by atoms with E-state index in [2.05, 4.69) is 37.6 Å². The summed E-state index contributed by atoms with van der Waals surface area (Å²) in [6.07, 6.45) is 6.71. The van der Waals surface area contributed by atoms with Gasteiger partial charge in [-0.25, -0.2) is 10.5 Å². The van der Waals surface area contributed by atoms with Crippen LogP contribution < -0.4 is 0 Å². The molecule has 0 bridgehead atoms. The number of benzene rings is 3. The second kappa shape index (κ2) is 11.9. The fraction of sp³-hybridized carbons (Fsp3) is 0.0645. The van der Waals surface area contributed by atoms with E-state index < -0.39 is 0 Å². The molecule has 1 aliphatic heterocycles. The van der Waals surface area contributed by atoms with E-state index in [1.165, 1.54) is 17.2 Å². The van der Waals surface area contributed by atoms with Crippen LogP contribution in [0.25, 0.3) is 38.6 Å². The van der Waals surface area contributed by atoms with Crippen molar-refractivity contribution in [3.05, 3.63) is 126 Å². The topological polar surface area (TPSA) is 82.7 Å². The molecular weight excluding hydrogens is 649 g/mol. The Labute approximate surface area is 234 Å². The summed E-state index contributed by atoms with van der Waals surface area (Å²) in [6, 6.07) is 31.2. The monoisotopic (exact) mass is 667 g/mol. The second-order valence-electron chi connectivity index (χ2n) is 8.22. The van der Waals surface area contributed by atoms with Crippen molar-refractivity contribution >= 4 is 5.69 Å². The maximum atomic E-state index is 9.18. The van der Waals surface area contributed by atoms with Crippen LogP contribution in [0.3, 0.4) is 0 Å². The van der Waals surface area contributed by atoms with Crippen molar-refractivity contribution in [3.8, 4) is 45.9 Å². The number of rotatable bonds is 2. The number of aryl methyl sites for hydroxylation is 2. The van der Waals surface area contributed by atoms with Gasteiger partial charge in [-0.2, -0.15) is 0 Å². The molecule has 0 atom stereocenters. The fourth-order valence-electron chi connectivity index (χ4n) is 4.19. The Morgan fingerprint density at radius 1 is 0.974 bits per heavy atom. The molecule has 6 nitrogen and oxygen atoms in total. The number of hydrogen-bond acceptors (Lipinski definition) is 4. The summed E-state index contributed by atoms with van der Waals surface area (Å²) in [5, 5.41) is 18.3. The van der Waals surface area contributed by atoms with Crippen molar-refractivity contribution in [2.45, 2.75) is 13.0 Å². The average Bonchev–Trinajstić information content (AvgIpc) is 3.47. The largest absolute Gasteiger partial charge is 0.371 e. The Balaban J connectivity index is 0.000000201. The van der Waals surface area contributed by atoms with Gasteiger partial charge in [-0.05, 0) is 29.2 Å². The molecule has 1 radical (unpaired) electrons. The van der Waals surface area contributed by atoms with Gasteiger partial charge in [0, 0.05) is 62.6 Å². The van der Waals surface area contributed by atoms with Crippen molar-refractivity contribution in [2.24, 2.45) is 0 Å². The van der Waals surface area contributed by atoms with Crippen molar-refractivity contribution < 1.29 is 20.1 Å². The number of fused-ring (bicyclic) bond motifs is 3. The number of pyridine rings is 1. The minimum absolute atomic E-state index is 0. The van der Waals surface area contributed by atoms with Gasteiger partial charge in [0.1, 0.15) is 5.69 Å². The Morgan fingerprint density at radius 3 is 2.53 bits per heavy atom. The van der Waals surface area contributed by atoms with Crippen LogP contribution in [0.4, 0.5) is 5.69 Å². The van der Waals surface area contributed by atoms with Gasteiger partial charge in [0.25, 0.3) is 0 Å². The molecule has 183 valence electrons. The summed E-state index contributed by atoms with van der Waals surface area (Å²) in [7, 11) is 0. The molecule has 0 fully saturated rings. The van der Waals surface area contributed by atoms with Gasteiger partial charge in [0.05, 0.1) is 12.4 Å². The van der Waals surface area contributed by atoms with E-state index in [-0.39, 0.29) is 36.9 Å². The third kappa shape index (κ3) is 5.29. The van der Waals surface area contributed by atoms with E-state index in [4.69, 9.17) is 11.8 Å². The maximum absolute atomic E-state index is 9.18. The van der Waals surface area contributed by atoms with Gasteiger partial charge < -0.3 is 4.57 Å². The van der Waals surface area contributed by atoms with Gasteiger partial charge in [0.2, 0.25) is 0 Å². The second-order valence-corrected chi connectivity index (χ2v) is 8.22. The van der Waals surface area contributed by atoms with Gasteiger partial charge in [-0.15, -0.1) is 53.1 Å². The van der Waals surface area contributed by atoms with Gasteiger partial charge in [-0.3, -0.25) is 14.8 Å². The first-order valence-corrected chi connectivity index (χ1v) is 11.5. The van der Waals surface area contributed by atoms with Crippen LogP contribution in [0.2, 0.25) is 0 Å². The number of imidazole rings is 1. The van der Waals surface area contributed by atoms with Gasteiger partial charge in [0.15, 0.2) is 0 Å². The first-order valence-electron chi connectivity index (χ1n) is 11.5. The first-order chi connectivity index (χ1) is 18.2. The average molecular weight is 667 g/mol. The molecule has 5 aromatic rings. The smallest absolute Gasteiger partial charge is 0.142 e. The summed E-state index contributed by atoms with van der Waals surface area (Å²) < 4.78 is 2.18. The van der Waals surface area contributed by atoms with E-state index in [1.54, 1.807) is 6.20 Å². The minimum Gasteiger partial charge on any atom is -0.371 e. The van der Waals surface area contributed by atoms with Gasteiger partial charge in [-0.1, -0.05) is 42.5 Å². The molecule has 6 rings (SSSR count).